The summed E-state index contributed by atoms with van der Waals surface area (Å²) in [6, 6.07) is 10.6. The van der Waals surface area contributed by atoms with Gasteiger partial charge in [0, 0.05) is 20.2 Å². The maximum absolute atomic E-state index is 12.1. The molecule has 1 heterocycles. The molecular weight excluding hydrogens is 250 g/mol. The van der Waals surface area contributed by atoms with Gasteiger partial charge in [-0.15, -0.1) is 0 Å². The van der Waals surface area contributed by atoms with E-state index in [4.69, 9.17) is 4.74 Å². The fourth-order valence-electron chi connectivity index (χ4n) is 2.79. The van der Waals surface area contributed by atoms with Crippen molar-refractivity contribution < 1.29 is 9.53 Å². The Bertz CT molecular complexity index is 410. The molecule has 0 aliphatic carbocycles. The van der Waals surface area contributed by atoms with E-state index >= 15 is 0 Å². The Morgan fingerprint density at radius 3 is 2.55 bits per heavy atom. The van der Waals surface area contributed by atoms with Crippen molar-refractivity contribution in [2.24, 2.45) is 5.92 Å². The Kier molecular flexibility index (Phi) is 5.60. The average Bonchev–Trinajstić information content (AvgIpc) is 2.49. The molecule has 0 bridgehead atoms. The van der Waals surface area contributed by atoms with E-state index in [9.17, 15) is 4.79 Å². The zero-order valence-electron chi connectivity index (χ0n) is 12.5. The van der Waals surface area contributed by atoms with Gasteiger partial charge in [-0.1, -0.05) is 30.3 Å². The summed E-state index contributed by atoms with van der Waals surface area (Å²) < 4.78 is 5.16. The Hall–Kier alpha value is -1.35. The highest BCUT2D eigenvalue weighted by atomic mass is 16.5. The van der Waals surface area contributed by atoms with Gasteiger partial charge < -0.3 is 9.64 Å². The van der Waals surface area contributed by atoms with Crippen molar-refractivity contribution in [1.82, 2.24) is 4.90 Å². The van der Waals surface area contributed by atoms with Crippen LogP contribution in [0, 0.1) is 5.92 Å². The number of hydrogen-bond acceptors (Lipinski definition) is 2. The quantitative estimate of drug-likeness (QED) is 0.827. The highest BCUT2D eigenvalue weighted by molar-refractivity contribution is 5.76. The lowest BCUT2D eigenvalue weighted by atomic mass is 9.90. The van der Waals surface area contributed by atoms with Crippen molar-refractivity contribution in [2.75, 3.05) is 20.2 Å². The molecule has 1 fully saturated rings. The minimum absolute atomic E-state index is 0.0181. The molecule has 1 atom stereocenters. The van der Waals surface area contributed by atoms with Crippen molar-refractivity contribution >= 4 is 5.91 Å². The molecule has 1 saturated heterocycles. The zero-order chi connectivity index (χ0) is 14.4. The number of amides is 1. The molecule has 0 spiro atoms. The second kappa shape index (κ2) is 7.44. The first kappa shape index (κ1) is 15.0. The summed E-state index contributed by atoms with van der Waals surface area (Å²) in [5.41, 5.74) is 1.41. The maximum Gasteiger partial charge on any atom is 0.225 e. The molecule has 0 saturated carbocycles. The first-order valence-electron chi connectivity index (χ1n) is 7.53. The lowest BCUT2D eigenvalue weighted by Gasteiger charge is -2.32. The summed E-state index contributed by atoms with van der Waals surface area (Å²) in [6.07, 6.45) is 3.88. The van der Waals surface area contributed by atoms with E-state index in [0.29, 0.717) is 12.3 Å². The van der Waals surface area contributed by atoms with E-state index in [0.717, 1.165) is 32.4 Å². The number of rotatable bonds is 5. The lowest BCUT2D eigenvalue weighted by Crippen LogP contribution is -2.40. The molecule has 110 valence electrons. The third-order valence-electron chi connectivity index (χ3n) is 4.20. The molecule has 1 aliphatic heterocycles. The van der Waals surface area contributed by atoms with Crippen LogP contribution in [-0.4, -0.2) is 37.1 Å². The predicted molar refractivity (Wildman–Crippen MR) is 80.5 cm³/mol. The first-order valence-corrected chi connectivity index (χ1v) is 7.53. The topological polar surface area (TPSA) is 29.5 Å². The fourth-order valence-corrected chi connectivity index (χ4v) is 2.79. The number of hydrogen-bond donors (Lipinski definition) is 0. The minimum atomic E-state index is 0.0181. The highest BCUT2D eigenvalue weighted by Crippen LogP contribution is 2.22. The van der Waals surface area contributed by atoms with Gasteiger partial charge in [0.2, 0.25) is 5.91 Å². The average molecular weight is 275 g/mol. The maximum atomic E-state index is 12.1. The molecule has 1 unspecified atom stereocenters. The molecule has 2 rings (SSSR count). The monoisotopic (exact) mass is 275 g/mol. The van der Waals surface area contributed by atoms with E-state index in [1.807, 2.05) is 11.8 Å². The molecule has 0 N–H and O–H groups in total. The van der Waals surface area contributed by atoms with Crippen LogP contribution in [0.5, 0.6) is 0 Å². The molecular formula is C17H25NO2. The number of carbonyl (C=O) groups is 1. The van der Waals surface area contributed by atoms with Crippen molar-refractivity contribution in [3.05, 3.63) is 35.9 Å². The van der Waals surface area contributed by atoms with Crippen LogP contribution in [0.4, 0.5) is 0 Å². The molecule has 1 aromatic rings. The van der Waals surface area contributed by atoms with Gasteiger partial charge in [0.25, 0.3) is 0 Å². The second-order valence-corrected chi connectivity index (χ2v) is 5.76. The molecule has 0 radical (unpaired) electrons. The normalized spacial score (nSPS) is 18.0. The number of methoxy groups -OCH3 is 1. The molecule has 1 aromatic carbocycles. The third-order valence-corrected chi connectivity index (χ3v) is 4.20. The summed E-state index contributed by atoms with van der Waals surface area (Å²) in [5.74, 6) is 0.943. The van der Waals surface area contributed by atoms with Crippen LogP contribution in [-0.2, 0) is 16.0 Å². The van der Waals surface area contributed by atoms with Crippen LogP contribution in [0.15, 0.2) is 30.3 Å². The van der Waals surface area contributed by atoms with Crippen LogP contribution in [0.25, 0.3) is 0 Å². The van der Waals surface area contributed by atoms with E-state index < -0.39 is 0 Å². The van der Waals surface area contributed by atoms with E-state index in [-0.39, 0.29) is 12.0 Å². The predicted octanol–water partition coefficient (Wildman–Crippen LogP) is 2.89. The third kappa shape index (κ3) is 4.34. The molecule has 0 aromatic heterocycles. The van der Waals surface area contributed by atoms with Gasteiger partial charge in [-0.05, 0) is 37.7 Å². The number of carbonyl (C=O) groups excluding carboxylic acids is 1. The minimum Gasteiger partial charge on any atom is -0.381 e. The van der Waals surface area contributed by atoms with Crippen molar-refractivity contribution in [3.63, 3.8) is 0 Å². The van der Waals surface area contributed by atoms with Crippen LogP contribution in [0.1, 0.15) is 31.7 Å². The largest absolute Gasteiger partial charge is 0.381 e. The molecule has 3 nitrogen and oxygen atoms in total. The summed E-state index contributed by atoms with van der Waals surface area (Å²) in [6.45, 7) is 3.74. The van der Waals surface area contributed by atoms with Crippen LogP contribution in [0.3, 0.4) is 0 Å². The van der Waals surface area contributed by atoms with Crippen LogP contribution >= 0.6 is 0 Å². The molecule has 1 aliphatic rings. The van der Waals surface area contributed by atoms with Crippen LogP contribution < -0.4 is 0 Å². The highest BCUT2D eigenvalue weighted by Gasteiger charge is 2.23. The number of ether oxygens (including phenoxy) is 1. The van der Waals surface area contributed by atoms with Gasteiger partial charge in [0.15, 0.2) is 0 Å². The Balaban J connectivity index is 1.76. The molecule has 3 heteroatoms. The van der Waals surface area contributed by atoms with E-state index in [1.54, 1.807) is 7.11 Å². The number of nitrogens with zero attached hydrogens (tertiary/aromatic N) is 1. The molecule has 20 heavy (non-hydrogen) atoms. The first-order chi connectivity index (χ1) is 9.69. The van der Waals surface area contributed by atoms with Crippen molar-refractivity contribution in [1.29, 1.82) is 0 Å². The number of likely N-dealkylation sites (tertiary alicyclic amines) is 1. The van der Waals surface area contributed by atoms with E-state index in [1.165, 1.54) is 5.56 Å². The summed E-state index contributed by atoms with van der Waals surface area (Å²) in [7, 11) is 1.66. The summed E-state index contributed by atoms with van der Waals surface area (Å²) >= 11 is 0. The molecule has 1 amide bonds. The Morgan fingerprint density at radius 2 is 1.95 bits per heavy atom. The van der Waals surface area contributed by atoms with Gasteiger partial charge in [0.05, 0.1) is 12.5 Å². The van der Waals surface area contributed by atoms with Gasteiger partial charge in [-0.2, -0.15) is 0 Å². The van der Waals surface area contributed by atoms with Gasteiger partial charge in [-0.25, -0.2) is 0 Å². The SMILES string of the molecule is COC(C)CC(=O)N1CCC(Cc2ccccc2)CC1. The number of benzene rings is 1. The van der Waals surface area contributed by atoms with Crippen LogP contribution in [0.2, 0.25) is 0 Å². The van der Waals surface area contributed by atoms with Gasteiger partial charge >= 0.3 is 0 Å². The van der Waals surface area contributed by atoms with Gasteiger partial charge in [0.1, 0.15) is 0 Å². The zero-order valence-corrected chi connectivity index (χ0v) is 12.5. The Morgan fingerprint density at radius 1 is 1.30 bits per heavy atom. The van der Waals surface area contributed by atoms with Gasteiger partial charge in [-0.3, -0.25) is 4.79 Å². The van der Waals surface area contributed by atoms with Crippen molar-refractivity contribution in [2.45, 2.75) is 38.7 Å². The second-order valence-electron chi connectivity index (χ2n) is 5.76. The number of piperidine rings is 1. The fraction of sp³-hybridized carbons (Fsp3) is 0.588. The smallest absolute Gasteiger partial charge is 0.225 e. The standard InChI is InChI=1S/C17H25NO2/c1-14(20-2)12-17(19)18-10-8-16(9-11-18)13-15-6-4-3-5-7-15/h3-7,14,16H,8-13H2,1-2H3. The summed E-state index contributed by atoms with van der Waals surface area (Å²) in [4.78, 5) is 14.1. The van der Waals surface area contributed by atoms with Crippen molar-refractivity contribution in [3.8, 4) is 0 Å². The van der Waals surface area contributed by atoms with E-state index in [2.05, 4.69) is 30.3 Å². The summed E-state index contributed by atoms with van der Waals surface area (Å²) in [5, 5.41) is 0. The Labute approximate surface area is 121 Å². The lowest BCUT2D eigenvalue weighted by molar-refractivity contribution is -0.134.